The van der Waals surface area contributed by atoms with Crippen LogP contribution >= 0.6 is 0 Å². The molecule has 8 heteroatoms. The summed E-state index contributed by atoms with van der Waals surface area (Å²) in [6.07, 6.45) is 2.86. The van der Waals surface area contributed by atoms with Gasteiger partial charge in [0.15, 0.2) is 0 Å². The van der Waals surface area contributed by atoms with E-state index >= 15 is 0 Å². The van der Waals surface area contributed by atoms with Gasteiger partial charge in [-0.3, -0.25) is 4.79 Å². The predicted octanol–water partition coefficient (Wildman–Crippen LogP) is 3.36. The van der Waals surface area contributed by atoms with Gasteiger partial charge in [0.2, 0.25) is 0 Å². The lowest BCUT2D eigenvalue weighted by Gasteiger charge is -2.10. The van der Waals surface area contributed by atoms with Gasteiger partial charge in [0.1, 0.15) is 5.69 Å². The van der Waals surface area contributed by atoms with Crippen molar-refractivity contribution in [2.75, 3.05) is 32.6 Å². The zero-order chi connectivity index (χ0) is 21.8. The minimum absolute atomic E-state index is 0.276. The van der Waals surface area contributed by atoms with Crippen molar-refractivity contribution >= 4 is 28.6 Å². The zero-order valence-corrected chi connectivity index (χ0v) is 18.2. The Balaban J connectivity index is 1.76. The van der Waals surface area contributed by atoms with Gasteiger partial charge in [0.25, 0.3) is 5.91 Å². The highest BCUT2D eigenvalue weighted by atomic mass is 16.5. The first-order valence-corrected chi connectivity index (χ1v) is 10.1. The molecule has 3 rings (SSSR count). The van der Waals surface area contributed by atoms with Crippen LogP contribution in [0, 0.1) is 13.8 Å². The number of imidazole rings is 1. The number of carbonyl (C=O) groups is 2. The molecular weight excluding hydrogens is 382 g/mol. The van der Waals surface area contributed by atoms with Gasteiger partial charge in [0.05, 0.1) is 29.5 Å². The average Bonchev–Trinajstić information content (AvgIpc) is 3.21. The molecule has 8 nitrogen and oxygen atoms in total. The van der Waals surface area contributed by atoms with E-state index in [1.165, 1.54) is 0 Å². The van der Waals surface area contributed by atoms with Crippen molar-refractivity contribution in [1.82, 2.24) is 19.4 Å². The highest BCUT2D eigenvalue weighted by molar-refractivity contribution is 6.08. The minimum atomic E-state index is -0.460. The number of aromatic amines is 1. The van der Waals surface area contributed by atoms with E-state index in [1.807, 2.05) is 24.5 Å². The number of hydrogen-bond donors (Lipinski definition) is 2. The number of anilines is 1. The number of carbonyl (C=O) groups excluding carboxylic acids is 2. The molecule has 160 valence electrons. The summed E-state index contributed by atoms with van der Waals surface area (Å²) < 4.78 is 7.17. The molecule has 2 aromatic heterocycles. The van der Waals surface area contributed by atoms with Crippen LogP contribution in [0.15, 0.2) is 24.5 Å². The molecule has 2 heterocycles. The van der Waals surface area contributed by atoms with E-state index in [-0.39, 0.29) is 12.5 Å². The number of amides is 1. The third-order valence-corrected chi connectivity index (χ3v) is 5.03. The first-order valence-electron chi connectivity index (χ1n) is 10.1. The SMILES string of the molecule is CCOC(=O)c1[nH]c(C)c(C(=O)Nc2ccc3c(c2)ncn3CCCN(C)C)c1C. The van der Waals surface area contributed by atoms with E-state index in [0.717, 1.165) is 30.5 Å². The van der Waals surface area contributed by atoms with Crippen LogP contribution in [-0.2, 0) is 11.3 Å². The molecule has 0 bridgehead atoms. The Kier molecular flexibility index (Phi) is 6.56. The Labute approximate surface area is 176 Å². The van der Waals surface area contributed by atoms with E-state index in [4.69, 9.17) is 4.74 Å². The maximum absolute atomic E-state index is 12.9. The van der Waals surface area contributed by atoms with Crippen LogP contribution in [0.1, 0.15) is 45.4 Å². The summed E-state index contributed by atoms with van der Waals surface area (Å²) in [5.41, 5.74) is 4.48. The number of esters is 1. The van der Waals surface area contributed by atoms with Crippen molar-refractivity contribution in [3.63, 3.8) is 0 Å². The molecule has 0 aliphatic rings. The molecule has 0 saturated heterocycles. The molecule has 0 spiro atoms. The highest BCUT2D eigenvalue weighted by Crippen LogP contribution is 2.23. The fourth-order valence-corrected chi connectivity index (χ4v) is 3.57. The molecule has 2 N–H and O–H groups in total. The minimum Gasteiger partial charge on any atom is -0.461 e. The second kappa shape index (κ2) is 9.13. The Morgan fingerprint density at radius 1 is 1.27 bits per heavy atom. The van der Waals surface area contributed by atoms with Gasteiger partial charge in [0, 0.05) is 17.9 Å². The number of rotatable bonds is 8. The second-order valence-corrected chi connectivity index (χ2v) is 7.60. The van der Waals surface area contributed by atoms with Crippen LogP contribution in [0.5, 0.6) is 0 Å². The van der Waals surface area contributed by atoms with E-state index in [2.05, 4.69) is 38.8 Å². The molecular formula is C22H29N5O3. The van der Waals surface area contributed by atoms with Crippen molar-refractivity contribution in [2.45, 2.75) is 33.7 Å². The largest absolute Gasteiger partial charge is 0.461 e. The van der Waals surface area contributed by atoms with Crippen LogP contribution in [-0.4, -0.2) is 58.6 Å². The standard InChI is InChI=1S/C22H29N5O3/c1-6-30-22(29)20-14(2)19(15(3)24-20)21(28)25-16-8-9-18-17(12-16)23-13-27(18)11-7-10-26(4)5/h8-9,12-13,24H,6-7,10-11H2,1-5H3,(H,25,28). The number of ether oxygens (including phenoxy) is 1. The summed E-state index contributed by atoms with van der Waals surface area (Å²) in [6, 6.07) is 5.70. The number of benzene rings is 1. The van der Waals surface area contributed by atoms with Crippen LogP contribution in [0.25, 0.3) is 11.0 Å². The summed E-state index contributed by atoms with van der Waals surface area (Å²) in [5.74, 6) is -0.736. The maximum Gasteiger partial charge on any atom is 0.355 e. The fraction of sp³-hybridized carbons (Fsp3) is 0.409. The number of H-pyrrole nitrogens is 1. The van der Waals surface area contributed by atoms with Gasteiger partial charge in [-0.05, 0) is 71.6 Å². The molecule has 0 aliphatic carbocycles. The van der Waals surface area contributed by atoms with Gasteiger partial charge in [-0.2, -0.15) is 0 Å². The molecule has 1 aromatic carbocycles. The molecule has 0 aliphatic heterocycles. The fourth-order valence-electron chi connectivity index (χ4n) is 3.57. The molecule has 3 aromatic rings. The number of hydrogen-bond acceptors (Lipinski definition) is 5. The average molecular weight is 412 g/mol. The third kappa shape index (κ3) is 4.54. The van der Waals surface area contributed by atoms with Crippen molar-refractivity contribution in [1.29, 1.82) is 0 Å². The Morgan fingerprint density at radius 3 is 2.73 bits per heavy atom. The number of aromatic nitrogens is 3. The lowest BCUT2D eigenvalue weighted by Crippen LogP contribution is -2.15. The van der Waals surface area contributed by atoms with E-state index in [0.29, 0.717) is 28.2 Å². The number of fused-ring (bicyclic) bond motifs is 1. The van der Waals surface area contributed by atoms with Crippen molar-refractivity contribution in [3.05, 3.63) is 47.0 Å². The van der Waals surface area contributed by atoms with Crippen molar-refractivity contribution < 1.29 is 14.3 Å². The Hall–Kier alpha value is -3.13. The molecule has 0 unspecified atom stereocenters. The molecule has 1 amide bonds. The molecule has 0 saturated carbocycles. The van der Waals surface area contributed by atoms with Crippen molar-refractivity contribution in [3.8, 4) is 0 Å². The lowest BCUT2D eigenvalue weighted by atomic mass is 10.1. The van der Waals surface area contributed by atoms with Gasteiger partial charge in [-0.1, -0.05) is 0 Å². The van der Waals surface area contributed by atoms with E-state index < -0.39 is 5.97 Å². The quantitative estimate of drug-likeness (QED) is 0.555. The van der Waals surface area contributed by atoms with Gasteiger partial charge in [-0.15, -0.1) is 0 Å². The predicted molar refractivity (Wildman–Crippen MR) is 117 cm³/mol. The maximum atomic E-state index is 12.9. The summed E-state index contributed by atoms with van der Waals surface area (Å²) in [6.45, 7) is 7.43. The van der Waals surface area contributed by atoms with Crippen LogP contribution in [0.2, 0.25) is 0 Å². The van der Waals surface area contributed by atoms with Crippen LogP contribution in [0.4, 0.5) is 5.69 Å². The summed E-state index contributed by atoms with van der Waals surface area (Å²) >= 11 is 0. The molecule has 0 fully saturated rings. The zero-order valence-electron chi connectivity index (χ0n) is 18.2. The Bertz CT molecular complexity index is 1060. The third-order valence-electron chi connectivity index (χ3n) is 5.03. The van der Waals surface area contributed by atoms with Gasteiger partial charge in [-0.25, -0.2) is 9.78 Å². The van der Waals surface area contributed by atoms with E-state index in [1.54, 1.807) is 20.8 Å². The van der Waals surface area contributed by atoms with Crippen LogP contribution in [0.3, 0.4) is 0 Å². The number of nitrogens with zero attached hydrogens (tertiary/aromatic N) is 3. The topological polar surface area (TPSA) is 92.2 Å². The van der Waals surface area contributed by atoms with E-state index in [9.17, 15) is 9.59 Å². The summed E-state index contributed by atoms with van der Waals surface area (Å²) in [7, 11) is 4.12. The van der Waals surface area contributed by atoms with Gasteiger partial charge >= 0.3 is 5.97 Å². The summed E-state index contributed by atoms with van der Waals surface area (Å²) in [5, 5.41) is 2.92. The highest BCUT2D eigenvalue weighted by Gasteiger charge is 2.23. The smallest absolute Gasteiger partial charge is 0.355 e. The number of aryl methyl sites for hydroxylation is 2. The molecule has 30 heavy (non-hydrogen) atoms. The van der Waals surface area contributed by atoms with Crippen molar-refractivity contribution in [2.24, 2.45) is 0 Å². The lowest BCUT2D eigenvalue weighted by molar-refractivity contribution is 0.0519. The normalized spacial score (nSPS) is 11.3. The van der Waals surface area contributed by atoms with Crippen LogP contribution < -0.4 is 5.32 Å². The van der Waals surface area contributed by atoms with Gasteiger partial charge < -0.3 is 24.5 Å². The monoisotopic (exact) mass is 411 g/mol. The second-order valence-electron chi connectivity index (χ2n) is 7.60. The number of nitrogens with one attached hydrogen (secondary N) is 2. The summed E-state index contributed by atoms with van der Waals surface area (Å²) in [4.78, 5) is 34.6. The molecule has 0 atom stereocenters. The first-order chi connectivity index (χ1) is 14.3. The first kappa shape index (κ1) is 21.6. The molecule has 0 radical (unpaired) electrons. The Morgan fingerprint density at radius 2 is 2.03 bits per heavy atom.